The normalized spacial score (nSPS) is 19.4. The van der Waals surface area contributed by atoms with Crippen molar-refractivity contribution < 1.29 is 28.8 Å². The Labute approximate surface area is 139 Å². The molecule has 1 aliphatic rings. The number of carbonyl (C=O) groups excluding carboxylic acids is 1. The van der Waals surface area contributed by atoms with Gasteiger partial charge in [0.15, 0.2) is 17.3 Å². The molecule has 126 valence electrons. The first-order chi connectivity index (χ1) is 11.6. The molecule has 0 fully saturated rings. The SMILES string of the molecule is COc1cc2c(c(O)c1OC)C(=O)CC(OC)(c1ccccc1)O2. The number of ketones is 1. The number of fused-ring (bicyclic) bond motifs is 1. The van der Waals surface area contributed by atoms with E-state index < -0.39 is 5.79 Å². The number of benzene rings is 2. The van der Waals surface area contributed by atoms with E-state index in [-0.39, 0.29) is 40.8 Å². The fourth-order valence-electron chi connectivity index (χ4n) is 2.90. The van der Waals surface area contributed by atoms with Crippen molar-refractivity contribution >= 4 is 5.78 Å². The highest BCUT2D eigenvalue weighted by atomic mass is 16.7. The second kappa shape index (κ2) is 6.05. The fraction of sp³-hybridized carbons (Fsp3) is 0.278. The minimum Gasteiger partial charge on any atom is -0.504 e. The molecule has 6 nitrogen and oxygen atoms in total. The molecule has 3 rings (SSSR count). The van der Waals surface area contributed by atoms with Gasteiger partial charge in [0.1, 0.15) is 11.3 Å². The molecule has 2 aromatic carbocycles. The Kier molecular flexibility index (Phi) is 4.07. The van der Waals surface area contributed by atoms with Crippen LogP contribution in [0, 0.1) is 0 Å². The number of carbonyl (C=O) groups is 1. The summed E-state index contributed by atoms with van der Waals surface area (Å²) >= 11 is 0. The van der Waals surface area contributed by atoms with E-state index in [1.807, 2.05) is 30.3 Å². The first kappa shape index (κ1) is 16.1. The summed E-state index contributed by atoms with van der Waals surface area (Å²) in [6.45, 7) is 0. The van der Waals surface area contributed by atoms with Crippen molar-refractivity contribution in [1.29, 1.82) is 0 Å². The highest BCUT2D eigenvalue weighted by Crippen LogP contribution is 2.50. The molecule has 24 heavy (non-hydrogen) atoms. The van der Waals surface area contributed by atoms with Crippen LogP contribution in [0.5, 0.6) is 23.0 Å². The molecule has 0 aliphatic carbocycles. The van der Waals surface area contributed by atoms with Gasteiger partial charge in [0.2, 0.25) is 11.5 Å². The van der Waals surface area contributed by atoms with Crippen LogP contribution >= 0.6 is 0 Å². The Morgan fingerprint density at radius 3 is 2.42 bits per heavy atom. The van der Waals surface area contributed by atoms with Crippen molar-refractivity contribution in [3.8, 4) is 23.0 Å². The Bertz CT molecular complexity index is 771. The van der Waals surface area contributed by atoms with Crippen molar-refractivity contribution in [2.75, 3.05) is 21.3 Å². The van der Waals surface area contributed by atoms with Gasteiger partial charge in [-0.2, -0.15) is 0 Å². The van der Waals surface area contributed by atoms with Crippen LogP contribution in [0.3, 0.4) is 0 Å². The van der Waals surface area contributed by atoms with Crippen molar-refractivity contribution in [3.05, 3.63) is 47.5 Å². The molecule has 6 heteroatoms. The van der Waals surface area contributed by atoms with Crippen LogP contribution in [0.25, 0.3) is 0 Å². The van der Waals surface area contributed by atoms with Gasteiger partial charge in [0.25, 0.3) is 0 Å². The highest BCUT2D eigenvalue weighted by molar-refractivity contribution is 6.04. The average Bonchev–Trinajstić information content (AvgIpc) is 2.61. The Morgan fingerprint density at radius 2 is 1.83 bits per heavy atom. The molecule has 0 bridgehead atoms. The quantitative estimate of drug-likeness (QED) is 0.929. The molecular formula is C18H18O6. The number of hydrogen-bond donors (Lipinski definition) is 1. The maximum atomic E-state index is 12.7. The largest absolute Gasteiger partial charge is 0.504 e. The molecule has 2 aromatic rings. The van der Waals surface area contributed by atoms with Crippen molar-refractivity contribution in [2.24, 2.45) is 0 Å². The lowest BCUT2D eigenvalue weighted by molar-refractivity contribution is -0.173. The lowest BCUT2D eigenvalue weighted by Crippen LogP contribution is -2.41. The summed E-state index contributed by atoms with van der Waals surface area (Å²) in [6.07, 6.45) is -0.0659. The van der Waals surface area contributed by atoms with Gasteiger partial charge in [-0.1, -0.05) is 30.3 Å². The smallest absolute Gasteiger partial charge is 0.244 e. The zero-order valence-corrected chi connectivity index (χ0v) is 13.7. The predicted octanol–water partition coefficient (Wildman–Crippen LogP) is 2.87. The van der Waals surface area contributed by atoms with E-state index in [4.69, 9.17) is 18.9 Å². The molecule has 1 atom stereocenters. The van der Waals surface area contributed by atoms with E-state index in [1.165, 1.54) is 27.4 Å². The third-order valence-electron chi connectivity index (χ3n) is 4.10. The van der Waals surface area contributed by atoms with Gasteiger partial charge in [0, 0.05) is 18.7 Å². The molecule has 0 radical (unpaired) electrons. The molecule has 1 heterocycles. The number of rotatable bonds is 4. The van der Waals surface area contributed by atoms with Crippen LogP contribution in [0.2, 0.25) is 0 Å². The van der Waals surface area contributed by atoms with E-state index >= 15 is 0 Å². The lowest BCUT2D eigenvalue weighted by Gasteiger charge is -2.37. The van der Waals surface area contributed by atoms with Crippen LogP contribution in [0.15, 0.2) is 36.4 Å². The second-order valence-corrected chi connectivity index (χ2v) is 5.36. The van der Waals surface area contributed by atoms with E-state index in [0.717, 1.165) is 0 Å². The summed E-state index contributed by atoms with van der Waals surface area (Å²) < 4.78 is 21.9. The average molecular weight is 330 g/mol. The van der Waals surface area contributed by atoms with Gasteiger partial charge in [-0.25, -0.2) is 0 Å². The molecule has 1 aliphatic heterocycles. The van der Waals surface area contributed by atoms with Gasteiger partial charge in [-0.05, 0) is 0 Å². The zero-order chi connectivity index (χ0) is 17.3. The van der Waals surface area contributed by atoms with Crippen LogP contribution in [-0.2, 0) is 10.5 Å². The highest BCUT2D eigenvalue weighted by Gasteiger charge is 2.44. The molecule has 0 aromatic heterocycles. The molecule has 0 spiro atoms. The van der Waals surface area contributed by atoms with Crippen LogP contribution in [-0.4, -0.2) is 32.2 Å². The number of ether oxygens (including phenoxy) is 4. The second-order valence-electron chi connectivity index (χ2n) is 5.36. The summed E-state index contributed by atoms with van der Waals surface area (Å²) in [4.78, 5) is 12.7. The number of phenols is 1. The number of Topliss-reactive ketones (excluding diaryl/α,β-unsaturated/α-hetero) is 1. The molecule has 1 unspecified atom stereocenters. The molecule has 1 N–H and O–H groups in total. The monoisotopic (exact) mass is 330 g/mol. The molecule has 0 amide bonds. The number of aromatic hydroxyl groups is 1. The van der Waals surface area contributed by atoms with Crippen molar-refractivity contribution in [2.45, 2.75) is 12.2 Å². The van der Waals surface area contributed by atoms with E-state index in [9.17, 15) is 9.90 Å². The zero-order valence-electron chi connectivity index (χ0n) is 13.7. The lowest BCUT2D eigenvalue weighted by atomic mass is 9.92. The van der Waals surface area contributed by atoms with E-state index in [1.54, 1.807) is 0 Å². The Hall–Kier alpha value is -2.73. The minimum atomic E-state index is -1.25. The Morgan fingerprint density at radius 1 is 1.12 bits per heavy atom. The third-order valence-corrected chi connectivity index (χ3v) is 4.10. The Balaban J connectivity index is 2.17. The fourth-order valence-corrected chi connectivity index (χ4v) is 2.90. The maximum Gasteiger partial charge on any atom is 0.244 e. The van der Waals surface area contributed by atoms with Crippen molar-refractivity contribution in [1.82, 2.24) is 0 Å². The number of hydrogen-bond acceptors (Lipinski definition) is 6. The van der Waals surface area contributed by atoms with Crippen LogP contribution in [0.1, 0.15) is 22.3 Å². The van der Waals surface area contributed by atoms with Gasteiger partial charge in [-0.3, -0.25) is 4.79 Å². The summed E-state index contributed by atoms with van der Waals surface area (Å²) in [5.41, 5.74) is 0.775. The third kappa shape index (κ3) is 2.35. The summed E-state index contributed by atoms with van der Waals surface area (Å²) in [7, 11) is 4.31. The van der Waals surface area contributed by atoms with E-state index in [0.29, 0.717) is 5.56 Å². The molecular weight excluding hydrogens is 312 g/mol. The first-order valence-electron chi connectivity index (χ1n) is 7.37. The van der Waals surface area contributed by atoms with E-state index in [2.05, 4.69) is 0 Å². The maximum absolute atomic E-state index is 12.7. The molecule has 0 saturated heterocycles. The van der Waals surface area contributed by atoms with Gasteiger partial charge in [-0.15, -0.1) is 0 Å². The summed E-state index contributed by atoms with van der Waals surface area (Å²) in [5.74, 6) is -1.31. The predicted molar refractivity (Wildman–Crippen MR) is 85.9 cm³/mol. The minimum absolute atomic E-state index is 0.0659. The number of phenolic OH excluding ortho intramolecular Hbond substituents is 1. The summed E-state index contributed by atoms with van der Waals surface area (Å²) in [5, 5.41) is 10.4. The van der Waals surface area contributed by atoms with Crippen molar-refractivity contribution in [3.63, 3.8) is 0 Å². The van der Waals surface area contributed by atoms with Gasteiger partial charge in [0.05, 0.1) is 20.6 Å². The first-order valence-corrected chi connectivity index (χ1v) is 7.37. The standard InChI is InChI=1S/C18H18O6/c1-21-14-9-13-15(16(20)17(14)22-2)12(19)10-18(23-3,24-13)11-7-5-4-6-8-11/h4-9,20H,10H2,1-3H3. The van der Waals surface area contributed by atoms with Gasteiger partial charge >= 0.3 is 0 Å². The van der Waals surface area contributed by atoms with Gasteiger partial charge < -0.3 is 24.1 Å². The summed E-state index contributed by atoms with van der Waals surface area (Å²) in [6, 6.07) is 10.7. The topological polar surface area (TPSA) is 74.2 Å². The molecule has 0 saturated carbocycles. The van der Waals surface area contributed by atoms with Crippen LogP contribution in [0.4, 0.5) is 0 Å². The number of methoxy groups -OCH3 is 3. The van der Waals surface area contributed by atoms with Crippen LogP contribution < -0.4 is 14.2 Å².